The van der Waals surface area contributed by atoms with Crippen LogP contribution >= 0.6 is 0 Å². The minimum absolute atomic E-state index is 0.0459. The Morgan fingerprint density at radius 2 is 1.72 bits per heavy atom. The number of carbonyl (C=O) groups excluding carboxylic acids is 2. The van der Waals surface area contributed by atoms with Gasteiger partial charge in [0.2, 0.25) is 0 Å². The van der Waals surface area contributed by atoms with Crippen LogP contribution in [0.25, 0.3) is 5.76 Å². The Hall–Kier alpha value is -4.33. The van der Waals surface area contributed by atoms with Gasteiger partial charge in [-0.3, -0.25) is 14.5 Å². The summed E-state index contributed by atoms with van der Waals surface area (Å²) >= 11 is 0. The summed E-state index contributed by atoms with van der Waals surface area (Å²) in [6, 6.07) is 16.2. The maximum Gasteiger partial charge on any atom is 0.300 e. The molecule has 0 bridgehead atoms. The second-order valence-electron chi connectivity index (χ2n) is 8.10. The third kappa shape index (κ3) is 4.49. The fraction of sp³-hybridized carbons (Fsp3) is 0.214. The van der Waals surface area contributed by atoms with Crippen molar-refractivity contribution in [1.29, 1.82) is 0 Å². The minimum atomic E-state index is -1.06. The maximum absolute atomic E-state index is 14.1. The molecule has 1 aliphatic heterocycles. The molecule has 0 radical (unpaired) electrons. The number of rotatable bonds is 8. The number of methoxy groups -OCH3 is 2. The molecule has 0 spiro atoms. The van der Waals surface area contributed by atoms with Gasteiger partial charge in [-0.05, 0) is 42.8 Å². The molecule has 1 heterocycles. The Labute approximate surface area is 208 Å². The van der Waals surface area contributed by atoms with Gasteiger partial charge in [-0.2, -0.15) is 0 Å². The minimum Gasteiger partial charge on any atom is -0.507 e. The molecule has 1 N–H and O–H groups in total. The van der Waals surface area contributed by atoms with Gasteiger partial charge in [-0.25, -0.2) is 4.39 Å². The highest BCUT2D eigenvalue weighted by atomic mass is 19.1. The van der Waals surface area contributed by atoms with Crippen molar-refractivity contribution in [2.24, 2.45) is 0 Å². The summed E-state index contributed by atoms with van der Waals surface area (Å²) in [4.78, 5) is 28.1. The number of hydrogen-bond donors (Lipinski definition) is 1. The van der Waals surface area contributed by atoms with Crippen molar-refractivity contribution in [3.63, 3.8) is 0 Å². The van der Waals surface area contributed by atoms with Gasteiger partial charge in [0.25, 0.3) is 11.7 Å². The summed E-state index contributed by atoms with van der Waals surface area (Å²) in [6.45, 7) is 2.46. The first-order chi connectivity index (χ1) is 17.4. The number of halogens is 1. The van der Waals surface area contributed by atoms with Crippen molar-refractivity contribution in [3.05, 3.63) is 89.2 Å². The average Bonchev–Trinajstić information content (AvgIpc) is 3.17. The molecule has 1 aliphatic rings. The van der Waals surface area contributed by atoms with Crippen LogP contribution in [0.15, 0.2) is 72.3 Å². The van der Waals surface area contributed by atoms with Crippen molar-refractivity contribution < 1.29 is 33.3 Å². The SMILES string of the molecule is CCCOc1cccc(N2C(=O)C(=O)/C(=C(/O)c3cc(F)ccc3OC)C2c2ccccc2OC)c1. The zero-order valence-electron chi connectivity index (χ0n) is 20.2. The van der Waals surface area contributed by atoms with Crippen molar-refractivity contribution in [3.8, 4) is 17.2 Å². The zero-order valence-corrected chi connectivity index (χ0v) is 20.2. The van der Waals surface area contributed by atoms with Crippen LogP contribution in [0, 0.1) is 5.82 Å². The summed E-state index contributed by atoms with van der Waals surface area (Å²) in [5.74, 6) is -1.88. The van der Waals surface area contributed by atoms with E-state index in [1.807, 2.05) is 6.92 Å². The predicted octanol–water partition coefficient (Wildman–Crippen LogP) is 5.26. The van der Waals surface area contributed by atoms with E-state index < -0.39 is 29.3 Å². The number of ketones is 1. The largest absolute Gasteiger partial charge is 0.507 e. The van der Waals surface area contributed by atoms with Gasteiger partial charge in [-0.15, -0.1) is 0 Å². The Bertz CT molecular complexity index is 1340. The molecule has 0 aromatic heterocycles. The van der Waals surface area contributed by atoms with E-state index in [1.54, 1.807) is 48.5 Å². The van der Waals surface area contributed by atoms with Crippen molar-refractivity contribution in [2.75, 3.05) is 25.7 Å². The third-order valence-corrected chi connectivity index (χ3v) is 5.86. The predicted molar refractivity (Wildman–Crippen MR) is 133 cm³/mol. The van der Waals surface area contributed by atoms with Gasteiger partial charge in [0, 0.05) is 17.3 Å². The third-order valence-electron chi connectivity index (χ3n) is 5.86. The molecule has 1 unspecified atom stereocenters. The van der Waals surface area contributed by atoms with E-state index in [-0.39, 0.29) is 16.9 Å². The van der Waals surface area contributed by atoms with Gasteiger partial charge in [0.1, 0.15) is 28.8 Å². The van der Waals surface area contributed by atoms with Gasteiger partial charge >= 0.3 is 0 Å². The molecule has 3 aromatic rings. The number of anilines is 1. The summed E-state index contributed by atoms with van der Waals surface area (Å²) in [5.41, 5.74) is 0.603. The molecule has 1 saturated heterocycles. The summed E-state index contributed by atoms with van der Waals surface area (Å²) in [7, 11) is 2.84. The van der Waals surface area contributed by atoms with Crippen molar-refractivity contribution >= 4 is 23.1 Å². The standard InChI is InChI=1S/C28H26FNO6/c1-4-14-36-19-9-7-8-18(16-19)30-25(20-10-5-6-11-22(20)34-2)24(27(32)28(30)33)26(31)21-15-17(29)12-13-23(21)35-3/h5-13,15-16,25,31H,4,14H2,1-3H3/b26-24+. The highest BCUT2D eigenvalue weighted by Gasteiger charge is 2.48. The molecular weight excluding hydrogens is 465 g/mol. The molecule has 1 amide bonds. The Balaban J connectivity index is 1.97. The molecule has 0 saturated carbocycles. The number of aliphatic hydroxyl groups is 1. The van der Waals surface area contributed by atoms with Crippen molar-refractivity contribution in [1.82, 2.24) is 0 Å². The lowest BCUT2D eigenvalue weighted by Gasteiger charge is -2.27. The number of ether oxygens (including phenoxy) is 3. The molecule has 4 rings (SSSR count). The number of benzene rings is 3. The number of hydrogen-bond acceptors (Lipinski definition) is 6. The quantitative estimate of drug-likeness (QED) is 0.263. The van der Waals surface area contributed by atoms with E-state index >= 15 is 0 Å². The number of aliphatic hydroxyl groups excluding tert-OH is 1. The van der Waals surface area contributed by atoms with E-state index in [2.05, 4.69) is 0 Å². The summed E-state index contributed by atoms with van der Waals surface area (Å²) in [6.07, 6.45) is 0.797. The first-order valence-corrected chi connectivity index (χ1v) is 11.4. The topological polar surface area (TPSA) is 85.3 Å². The van der Waals surface area contributed by atoms with Crippen LogP contribution in [0.4, 0.5) is 10.1 Å². The van der Waals surface area contributed by atoms with E-state index in [4.69, 9.17) is 14.2 Å². The van der Waals surface area contributed by atoms with Crippen LogP contribution in [0.2, 0.25) is 0 Å². The summed E-state index contributed by atoms with van der Waals surface area (Å²) < 4.78 is 30.7. The molecule has 0 aliphatic carbocycles. The van der Waals surface area contributed by atoms with Crippen LogP contribution in [-0.2, 0) is 9.59 Å². The molecule has 36 heavy (non-hydrogen) atoms. The van der Waals surface area contributed by atoms with Gasteiger partial charge < -0.3 is 19.3 Å². The second kappa shape index (κ2) is 10.5. The zero-order chi connectivity index (χ0) is 25.8. The maximum atomic E-state index is 14.1. The van der Waals surface area contributed by atoms with E-state index in [9.17, 15) is 19.1 Å². The Morgan fingerprint density at radius 1 is 0.972 bits per heavy atom. The van der Waals surface area contributed by atoms with Crippen LogP contribution in [0.3, 0.4) is 0 Å². The van der Waals surface area contributed by atoms with E-state index in [0.29, 0.717) is 29.4 Å². The van der Waals surface area contributed by atoms with Crippen LogP contribution in [0.5, 0.6) is 17.2 Å². The Kier molecular flexibility index (Phi) is 7.24. The lowest BCUT2D eigenvalue weighted by molar-refractivity contribution is -0.132. The molecule has 1 fully saturated rings. The smallest absolute Gasteiger partial charge is 0.300 e. The molecule has 1 atom stereocenters. The molecule has 7 nitrogen and oxygen atoms in total. The number of amides is 1. The monoisotopic (exact) mass is 491 g/mol. The Morgan fingerprint density at radius 3 is 2.44 bits per heavy atom. The van der Waals surface area contributed by atoms with Crippen molar-refractivity contribution in [2.45, 2.75) is 19.4 Å². The summed E-state index contributed by atoms with van der Waals surface area (Å²) in [5, 5.41) is 11.3. The van der Waals surface area contributed by atoms with Gasteiger partial charge in [0.15, 0.2) is 0 Å². The normalized spacial score (nSPS) is 16.8. The van der Waals surface area contributed by atoms with Gasteiger partial charge in [0.05, 0.1) is 38.0 Å². The first kappa shape index (κ1) is 24.8. The first-order valence-electron chi connectivity index (χ1n) is 11.4. The fourth-order valence-electron chi connectivity index (χ4n) is 4.24. The number of nitrogens with zero attached hydrogens (tertiary/aromatic N) is 1. The fourth-order valence-corrected chi connectivity index (χ4v) is 4.24. The molecule has 3 aromatic carbocycles. The molecular formula is C28H26FNO6. The average molecular weight is 492 g/mol. The second-order valence-corrected chi connectivity index (χ2v) is 8.10. The van der Waals surface area contributed by atoms with Crippen LogP contribution in [-0.4, -0.2) is 37.6 Å². The van der Waals surface area contributed by atoms with Crippen LogP contribution < -0.4 is 19.1 Å². The highest BCUT2D eigenvalue weighted by molar-refractivity contribution is 6.51. The van der Waals surface area contributed by atoms with Gasteiger partial charge in [-0.1, -0.05) is 31.2 Å². The number of para-hydroxylation sites is 1. The number of carbonyl (C=O) groups is 2. The molecule has 186 valence electrons. The molecule has 8 heteroatoms. The lowest BCUT2D eigenvalue weighted by atomic mass is 9.94. The number of Topliss-reactive ketones (excluding diaryl/α,β-unsaturated/α-hetero) is 1. The highest BCUT2D eigenvalue weighted by Crippen LogP contribution is 2.46. The lowest BCUT2D eigenvalue weighted by Crippen LogP contribution is -2.29. The van der Waals surface area contributed by atoms with E-state index in [1.165, 1.54) is 31.3 Å². The van der Waals surface area contributed by atoms with Crippen LogP contribution in [0.1, 0.15) is 30.5 Å². The van der Waals surface area contributed by atoms with E-state index in [0.717, 1.165) is 12.5 Å².